The summed E-state index contributed by atoms with van der Waals surface area (Å²) < 4.78 is 0. The van der Waals surface area contributed by atoms with Gasteiger partial charge in [-0.25, -0.2) is 0 Å². The Morgan fingerprint density at radius 2 is 1.31 bits per heavy atom. The summed E-state index contributed by atoms with van der Waals surface area (Å²) in [7, 11) is 0. The van der Waals surface area contributed by atoms with Crippen molar-refractivity contribution < 1.29 is 0 Å². The van der Waals surface area contributed by atoms with Crippen LogP contribution in [0.5, 0.6) is 0 Å². The molecule has 1 N–H and O–H groups in total. The van der Waals surface area contributed by atoms with Crippen LogP contribution in [0.2, 0.25) is 0 Å². The molecule has 1 heterocycles. The molecule has 0 atom stereocenters. The van der Waals surface area contributed by atoms with Crippen molar-refractivity contribution in [3.63, 3.8) is 0 Å². The third kappa shape index (κ3) is 2.39. The number of para-hydroxylation sites is 1. The van der Waals surface area contributed by atoms with Gasteiger partial charge in [-0.3, -0.25) is 4.79 Å². The van der Waals surface area contributed by atoms with E-state index >= 15 is 0 Å². The first-order chi connectivity index (χ1) is 14.3. The summed E-state index contributed by atoms with van der Waals surface area (Å²) in [5, 5.41) is 7.34. The quantitative estimate of drug-likeness (QED) is 0.322. The Balaban J connectivity index is 1.83. The maximum Gasteiger partial charge on any atom is 0.187 e. The van der Waals surface area contributed by atoms with Gasteiger partial charge in [0.15, 0.2) is 5.43 Å². The second kappa shape index (κ2) is 6.05. The van der Waals surface area contributed by atoms with Gasteiger partial charge in [-0.2, -0.15) is 0 Å². The molecule has 136 valence electrons. The van der Waals surface area contributed by atoms with Gasteiger partial charge in [0.25, 0.3) is 0 Å². The normalized spacial score (nSPS) is 11.6. The molecule has 0 bridgehead atoms. The summed E-state index contributed by atoms with van der Waals surface area (Å²) in [6.07, 6.45) is 0. The van der Waals surface area contributed by atoms with Gasteiger partial charge in [0.2, 0.25) is 0 Å². The van der Waals surface area contributed by atoms with Gasteiger partial charge in [-0.1, -0.05) is 78.9 Å². The Bertz CT molecular complexity index is 1630. The van der Waals surface area contributed by atoms with Crippen LogP contribution in [0.3, 0.4) is 0 Å². The Kier molecular flexibility index (Phi) is 3.35. The lowest BCUT2D eigenvalue weighted by Gasteiger charge is -2.14. The number of pyridine rings is 1. The highest BCUT2D eigenvalue weighted by atomic mass is 16.1. The van der Waals surface area contributed by atoms with Crippen molar-refractivity contribution in [3.05, 3.63) is 107 Å². The van der Waals surface area contributed by atoms with Crippen molar-refractivity contribution in [2.45, 2.75) is 0 Å². The number of hydrogen-bond donors (Lipinski definition) is 1. The van der Waals surface area contributed by atoms with Crippen LogP contribution in [0.1, 0.15) is 0 Å². The molecular weight excluding hydrogens is 354 g/mol. The first-order valence-electron chi connectivity index (χ1n) is 9.75. The van der Waals surface area contributed by atoms with Crippen molar-refractivity contribution in [3.8, 4) is 11.3 Å². The zero-order valence-electron chi connectivity index (χ0n) is 15.6. The van der Waals surface area contributed by atoms with Crippen LogP contribution in [0.15, 0.2) is 102 Å². The number of fused-ring (bicyclic) bond motifs is 6. The van der Waals surface area contributed by atoms with Crippen LogP contribution in [0.25, 0.3) is 54.5 Å². The van der Waals surface area contributed by atoms with Crippen LogP contribution in [-0.4, -0.2) is 4.98 Å². The van der Waals surface area contributed by atoms with E-state index < -0.39 is 0 Å². The van der Waals surface area contributed by atoms with Crippen molar-refractivity contribution in [2.24, 2.45) is 0 Å². The number of benzene rings is 5. The predicted molar refractivity (Wildman–Crippen MR) is 123 cm³/mol. The van der Waals surface area contributed by atoms with Crippen molar-refractivity contribution in [1.82, 2.24) is 4.98 Å². The van der Waals surface area contributed by atoms with Crippen LogP contribution >= 0.6 is 0 Å². The fraction of sp³-hybridized carbons (Fsp3) is 0. The molecule has 0 fully saturated rings. The van der Waals surface area contributed by atoms with Gasteiger partial charge in [-0.15, -0.1) is 0 Å². The standard InChI is InChI=1S/C27H17NO/c29-24-11-5-8-18-14-15-22-26(25(18)24)21-9-3-4-10-23(21)28-27(22)20-13-12-17-6-1-2-7-19(17)16-20/h1-16,28H. The molecule has 6 rings (SSSR count). The lowest BCUT2D eigenvalue weighted by atomic mass is 9.94. The van der Waals surface area contributed by atoms with Crippen molar-refractivity contribution in [1.29, 1.82) is 0 Å². The lowest BCUT2D eigenvalue weighted by Crippen LogP contribution is -2.00. The van der Waals surface area contributed by atoms with Crippen LogP contribution in [0, 0.1) is 0 Å². The number of hydrogen-bond acceptors (Lipinski definition) is 1. The van der Waals surface area contributed by atoms with Gasteiger partial charge in [0.1, 0.15) is 0 Å². The third-order valence-electron chi connectivity index (χ3n) is 5.77. The van der Waals surface area contributed by atoms with Gasteiger partial charge in [-0.05, 0) is 39.9 Å². The highest BCUT2D eigenvalue weighted by molar-refractivity contribution is 6.22. The second-order valence-corrected chi connectivity index (χ2v) is 7.45. The molecule has 6 aromatic rings. The summed E-state index contributed by atoms with van der Waals surface area (Å²) in [5.74, 6) is 0. The van der Waals surface area contributed by atoms with Crippen LogP contribution in [-0.2, 0) is 0 Å². The average molecular weight is 371 g/mol. The topological polar surface area (TPSA) is 32.9 Å². The number of rotatable bonds is 1. The molecule has 2 heteroatoms. The minimum atomic E-state index is 0.0638. The molecule has 29 heavy (non-hydrogen) atoms. The molecule has 2 nitrogen and oxygen atoms in total. The molecule has 1 aromatic heterocycles. The van der Waals surface area contributed by atoms with Crippen LogP contribution in [0.4, 0.5) is 0 Å². The zero-order valence-corrected chi connectivity index (χ0v) is 15.6. The number of aromatic nitrogens is 1. The Labute approximate surface area is 167 Å². The van der Waals surface area contributed by atoms with E-state index in [2.05, 4.69) is 65.6 Å². The number of aromatic amines is 1. The molecule has 0 saturated heterocycles. The van der Waals surface area contributed by atoms with Gasteiger partial charge in [0, 0.05) is 27.1 Å². The zero-order chi connectivity index (χ0) is 19.4. The molecule has 0 spiro atoms. The third-order valence-corrected chi connectivity index (χ3v) is 5.77. The summed E-state index contributed by atoms with van der Waals surface area (Å²) in [5.41, 5.74) is 3.24. The summed E-state index contributed by atoms with van der Waals surface area (Å²) in [4.78, 5) is 16.5. The molecule has 0 unspecified atom stereocenters. The number of nitrogens with one attached hydrogen (secondary N) is 1. The predicted octanol–water partition coefficient (Wildman–Crippen LogP) is 6.65. The first kappa shape index (κ1) is 16.1. The maximum atomic E-state index is 12.8. The molecule has 0 aliphatic heterocycles. The largest absolute Gasteiger partial charge is 0.354 e. The minimum absolute atomic E-state index is 0.0638. The molecule has 0 amide bonds. The summed E-state index contributed by atoms with van der Waals surface area (Å²) in [6.45, 7) is 0. The average Bonchev–Trinajstić information content (AvgIpc) is 2.78. The Hall–Kier alpha value is -3.91. The highest BCUT2D eigenvalue weighted by Gasteiger charge is 2.13. The fourth-order valence-electron chi connectivity index (χ4n) is 4.42. The van der Waals surface area contributed by atoms with E-state index in [0.29, 0.717) is 0 Å². The molecule has 0 radical (unpaired) electrons. The lowest BCUT2D eigenvalue weighted by molar-refractivity contribution is 1.43. The molecule has 0 saturated carbocycles. The monoisotopic (exact) mass is 371 g/mol. The van der Waals surface area contributed by atoms with E-state index in [1.54, 1.807) is 6.07 Å². The van der Waals surface area contributed by atoms with Gasteiger partial charge < -0.3 is 4.98 Å². The molecule has 0 aliphatic rings. The van der Waals surface area contributed by atoms with E-state index in [0.717, 1.165) is 43.7 Å². The summed E-state index contributed by atoms with van der Waals surface area (Å²) >= 11 is 0. The molecular formula is C27H17NO. The van der Waals surface area contributed by atoms with E-state index in [9.17, 15) is 4.79 Å². The number of H-pyrrole nitrogens is 1. The second-order valence-electron chi connectivity index (χ2n) is 7.45. The Morgan fingerprint density at radius 3 is 2.24 bits per heavy atom. The van der Waals surface area contributed by atoms with E-state index in [1.807, 2.05) is 30.3 Å². The van der Waals surface area contributed by atoms with E-state index in [-0.39, 0.29) is 5.43 Å². The fourth-order valence-corrected chi connectivity index (χ4v) is 4.42. The van der Waals surface area contributed by atoms with Crippen LogP contribution < -0.4 is 5.43 Å². The first-order valence-corrected chi connectivity index (χ1v) is 9.75. The SMILES string of the molecule is O=c1cccc2ccc3c(-c4ccc5ccccc5c4)[nH]c4ccccc4c3c12. The minimum Gasteiger partial charge on any atom is -0.354 e. The van der Waals surface area contributed by atoms with Crippen molar-refractivity contribution >= 4 is 43.2 Å². The van der Waals surface area contributed by atoms with Crippen molar-refractivity contribution in [2.75, 3.05) is 0 Å². The van der Waals surface area contributed by atoms with Gasteiger partial charge in [0.05, 0.1) is 5.69 Å². The van der Waals surface area contributed by atoms with Gasteiger partial charge >= 0.3 is 0 Å². The Morgan fingerprint density at radius 1 is 0.552 bits per heavy atom. The highest BCUT2D eigenvalue weighted by Crippen LogP contribution is 2.36. The molecule has 5 aromatic carbocycles. The summed E-state index contributed by atoms with van der Waals surface area (Å²) in [6, 6.07) is 32.8. The smallest absolute Gasteiger partial charge is 0.187 e. The van der Waals surface area contributed by atoms with E-state index in [1.165, 1.54) is 10.8 Å². The maximum absolute atomic E-state index is 12.8. The molecule has 0 aliphatic carbocycles. The van der Waals surface area contributed by atoms with E-state index in [4.69, 9.17) is 0 Å².